The molecule has 44 valence electrons. The Morgan fingerprint density at radius 3 is 3.00 bits per heavy atom. The molecular formula is C6H9NO. The molecule has 0 fully saturated rings. The van der Waals surface area contributed by atoms with Gasteiger partial charge < -0.3 is 10.2 Å². The van der Waals surface area contributed by atoms with Crippen LogP contribution in [0.1, 0.15) is 5.76 Å². The number of rotatable bonds is 2. The van der Waals surface area contributed by atoms with Crippen LogP contribution >= 0.6 is 0 Å². The summed E-state index contributed by atoms with van der Waals surface area (Å²) in [5, 5.41) is 0. The van der Waals surface area contributed by atoms with Crippen molar-refractivity contribution in [3.8, 4) is 0 Å². The molecule has 0 saturated carbocycles. The normalized spacial score (nSPS) is 9.62. The van der Waals surface area contributed by atoms with Crippen LogP contribution in [0.2, 0.25) is 0 Å². The highest BCUT2D eigenvalue weighted by atomic mass is 16.3. The van der Waals surface area contributed by atoms with Crippen LogP contribution in [-0.2, 0) is 6.42 Å². The van der Waals surface area contributed by atoms with E-state index in [1.807, 2.05) is 12.1 Å². The Bertz CT molecular complexity index is 134. The lowest BCUT2D eigenvalue weighted by Gasteiger charge is -1.86. The van der Waals surface area contributed by atoms with Crippen molar-refractivity contribution in [2.24, 2.45) is 5.73 Å². The van der Waals surface area contributed by atoms with Crippen molar-refractivity contribution in [2.45, 2.75) is 6.42 Å². The molecule has 0 spiro atoms. The van der Waals surface area contributed by atoms with E-state index in [1.54, 1.807) is 6.26 Å². The highest BCUT2D eigenvalue weighted by molar-refractivity contribution is 4.97. The summed E-state index contributed by atoms with van der Waals surface area (Å²) in [6.45, 7) is 0.660. The predicted molar refractivity (Wildman–Crippen MR) is 31.5 cm³/mol. The first kappa shape index (κ1) is 5.38. The van der Waals surface area contributed by atoms with Crippen LogP contribution < -0.4 is 5.73 Å². The molecule has 0 amide bonds. The fraction of sp³-hybridized carbons (Fsp3) is 0.333. The van der Waals surface area contributed by atoms with Gasteiger partial charge >= 0.3 is 0 Å². The third-order valence-electron chi connectivity index (χ3n) is 0.971. The van der Waals surface area contributed by atoms with E-state index in [1.165, 1.54) is 0 Å². The average Bonchev–Trinajstić information content (AvgIpc) is 2.19. The number of furan rings is 1. The van der Waals surface area contributed by atoms with Crippen LogP contribution in [0.25, 0.3) is 0 Å². The Kier molecular flexibility index (Phi) is 1.70. The van der Waals surface area contributed by atoms with Gasteiger partial charge in [0.05, 0.1) is 6.26 Å². The van der Waals surface area contributed by atoms with Crippen molar-refractivity contribution >= 4 is 0 Å². The summed E-state index contributed by atoms with van der Waals surface area (Å²) >= 11 is 0. The van der Waals surface area contributed by atoms with Crippen LogP contribution in [-0.4, -0.2) is 6.54 Å². The second-order valence-electron chi connectivity index (χ2n) is 1.62. The quantitative estimate of drug-likeness (QED) is 0.612. The third kappa shape index (κ3) is 1.10. The summed E-state index contributed by atoms with van der Waals surface area (Å²) in [5.41, 5.74) is 5.26. The van der Waals surface area contributed by atoms with E-state index >= 15 is 0 Å². The molecule has 1 heterocycles. The fourth-order valence-corrected chi connectivity index (χ4v) is 0.597. The first-order valence-corrected chi connectivity index (χ1v) is 2.66. The number of hydrogen-bond acceptors (Lipinski definition) is 2. The molecule has 2 nitrogen and oxygen atoms in total. The van der Waals surface area contributed by atoms with E-state index in [2.05, 4.69) is 0 Å². The van der Waals surface area contributed by atoms with E-state index in [9.17, 15) is 0 Å². The van der Waals surface area contributed by atoms with Gasteiger partial charge in [-0.05, 0) is 18.7 Å². The van der Waals surface area contributed by atoms with Crippen LogP contribution in [0.4, 0.5) is 0 Å². The van der Waals surface area contributed by atoms with Gasteiger partial charge in [-0.2, -0.15) is 0 Å². The Labute approximate surface area is 48.3 Å². The van der Waals surface area contributed by atoms with E-state index in [0.717, 1.165) is 12.2 Å². The molecule has 2 heteroatoms. The lowest BCUT2D eigenvalue weighted by Crippen LogP contribution is -2.01. The van der Waals surface area contributed by atoms with Crippen molar-refractivity contribution in [1.82, 2.24) is 0 Å². The maximum absolute atomic E-state index is 5.26. The highest BCUT2D eigenvalue weighted by Gasteiger charge is 1.88. The standard InChI is InChI=1S/C6H9NO/c7-4-3-6-2-1-5-8-6/h1-2,5H,3-4,7H2. The molecule has 0 bridgehead atoms. The Morgan fingerprint density at radius 1 is 1.62 bits per heavy atom. The summed E-state index contributed by atoms with van der Waals surface area (Å²) in [4.78, 5) is 0. The molecule has 0 aliphatic rings. The number of nitrogens with two attached hydrogens (primary N) is 1. The zero-order valence-corrected chi connectivity index (χ0v) is 4.63. The second kappa shape index (κ2) is 2.52. The van der Waals surface area contributed by atoms with Crippen molar-refractivity contribution in [1.29, 1.82) is 0 Å². The minimum atomic E-state index is 0.660. The van der Waals surface area contributed by atoms with E-state index in [4.69, 9.17) is 10.2 Å². The first-order valence-electron chi connectivity index (χ1n) is 2.66. The lowest BCUT2D eigenvalue weighted by molar-refractivity contribution is 0.511. The lowest BCUT2D eigenvalue weighted by atomic mass is 10.3. The van der Waals surface area contributed by atoms with Crippen molar-refractivity contribution in [2.75, 3.05) is 6.54 Å². The Morgan fingerprint density at radius 2 is 2.50 bits per heavy atom. The zero-order chi connectivity index (χ0) is 5.82. The fourth-order valence-electron chi connectivity index (χ4n) is 0.597. The van der Waals surface area contributed by atoms with E-state index in [-0.39, 0.29) is 0 Å². The van der Waals surface area contributed by atoms with Gasteiger partial charge in [0.15, 0.2) is 0 Å². The summed E-state index contributed by atoms with van der Waals surface area (Å²) in [6.07, 6.45) is 2.50. The molecular weight excluding hydrogens is 102 g/mol. The molecule has 0 atom stereocenters. The average molecular weight is 111 g/mol. The summed E-state index contributed by atoms with van der Waals surface area (Å²) in [6, 6.07) is 3.79. The molecule has 1 aromatic heterocycles. The van der Waals surface area contributed by atoms with Crippen LogP contribution in [0.3, 0.4) is 0 Å². The maximum Gasteiger partial charge on any atom is 0.105 e. The van der Waals surface area contributed by atoms with Gasteiger partial charge in [-0.15, -0.1) is 0 Å². The van der Waals surface area contributed by atoms with Crippen LogP contribution in [0.5, 0.6) is 0 Å². The molecule has 0 aromatic carbocycles. The molecule has 1 rings (SSSR count). The molecule has 8 heavy (non-hydrogen) atoms. The van der Waals surface area contributed by atoms with Gasteiger partial charge in [0.2, 0.25) is 0 Å². The molecule has 0 aliphatic carbocycles. The van der Waals surface area contributed by atoms with Gasteiger partial charge in [-0.3, -0.25) is 0 Å². The monoisotopic (exact) mass is 111 g/mol. The van der Waals surface area contributed by atoms with Crippen molar-refractivity contribution < 1.29 is 4.42 Å². The van der Waals surface area contributed by atoms with Crippen LogP contribution in [0.15, 0.2) is 22.8 Å². The van der Waals surface area contributed by atoms with E-state index < -0.39 is 0 Å². The molecule has 0 saturated heterocycles. The van der Waals surface area contributed by atoms with Gasteiger partial charge in [0.1, 0.15) is 5.76 Å². The summed E-state index contributed by atoms with van der Waals surface area (Å²) < 4.78 is 4.99. The minimum Gasteiger partial charge on any atom is -0.469 e. The van der Waals surface area contributed by atoms with Gasteiger partial charge in [-0.1, -0.05) is 0 Å². The van der Waals surface area contributed by atoms with Gasteiger partial charge in [0.25, 0.3) is 0 Å². The Balaban J connectivity index is 2.50. The summed E-state index contributed by atoms with van der Waals surface area (Å²) in [5.74, 6) is 0.965. The molecule has 0 unspecified atom stereocenters. The molecule has 0 radical (unpaired) electrons. The zero-order valence-electron chi connectivity index (χ0n) is 4.63. The largest absolute Gasteiger partial charge is 0.469 e. The molecule has 2 N–H and O–H groups in total. The van der Waals surface area contributed by atoms with E-state index in [0.29, 0.717) is 6.54 Å². The van der Waals surface area contributed by atoms with Crippen LogP contribution in [0, 0.1) is 0 Å². The topological polar surface area (TPSA) is 39.2 Å². The highest BCUT2D eigenvalue weighted by Crippen LogP contribution is 1.98. The number of hydrogen-bond donors (Lipinski definition) is 1. The summed E-state index contributed by atoms with van der Waals surface area (Å²) in [7, 11) is 0. The molecule has 0 aliphatic heterocycles. The van der Waals surface area contributed by atoms with Crippen molar-refractivity contribution in [3.05, 3.63) is 24.2 Å². The third-order valence-corrected chi connectivity index (χ3v) is 0.971. The van der Waals surface area contributed by atoms with Crippen molar-refractivity contribution in [3.63, 3.8) is 0 Å². The maximum atomic E-state index is 5.26. The van der Waals surface area contributed by atoms with Gasteiger partial charge in [-0.25, -0.2) is 0 Å². The van der Waals surface area contributed by atoms with Gasteiger partial charge in [0, 0.05) is 6.42 Å². The predicted octanol–water partition coefficient (Wildman–Crippen LogP) is 0.781. The second-order valence-corrected chi connectivity index (χ2v) is 1.62. The smallest absolute Gasteiger partial charge is 0.105 e. The molecule has 1 aromatic rings. The minimum absolute atomic E-state index is 0.660. The first-order chi connectivity index (χ1) is 3.93. The Hall–Kier alpha value is -0.760. The SMILES string of the molecule is NCCc1ccco1.